The maximum absolute atomic E-state index is 13.6. The third-order valence-electron chi connectivity index (χ3n) is 6.92. The Morgan fingerprint density at radius 3 is 2.20 bits per heavy atom. The SMILES string of the molecule is O=C(O)c1ccc(C2(NC(=O)c3cc(C(F)(F)F)cnc3N3CC(Oc4ccc(F)c(C(F)(F)F)c4)C3)CC2)cc1. The molecule has 1 aliphatic carbocycles. The number of aromatic nitrogens is 1. The highest BCUT2D eigenvalue weighted by Crippen LogP contribution is 2.46. The summed E-state index contributed by atoms with van der Waals surface area (Å²) < 4.78 is 98.5. The summed E-state index contributed by atoms with van der Waals surface area (Å²) in [6.07, 6.45) is -8.89. The van der Waals surface area contributed by atoms with Crippen LogP contribution >= 0.6 is 0 Å². The van der Waals surface area contributed by atoms with Crippen LogP contribution < -0.4 is 15.0 Å². The van der Waals surface area contributed by atoms with E-state index in [1.807, 2.05) is 0 Å². The minimum Gasteiger partial charge on any atom is -0.487 e. The van der Waals surface area contributed by atoms with Crippen molar-refractivity contribution in [2.24, 2.45) is 0 Å². The number of nitrogens with one attached hydrogen (secondary N) is 1. The Hall–Kier alpha value is -4.36. The van der Waals surface area contributed by atoms with E-state index in [-0.39, 0.29) is 35.8 Å². The molecule has 1 saturated heterocycles. The number of pyridine rings is 1. The van der Waals surface area contributed by atoms with E-state index in [0.29, 0.717) is 42.8 Å². The van der Waals surface area contributed by atoms with E-state index in [2.05, 4.69) is 10.3 Å². The van der Waals surface area contributed by atoms with Gasteiger partial charge < -0.3 is 20.1 Å². The third kappa shape index (κ3) is 5.77. The Morgan fingerprint density at radius 2 is 1.63 bits per heavy atom. The molecule has 2 heterocycles. The summed E-state index contributed by atoms with van der Waals surface area (Å²) in [5, 5.41) is 11.9. The molecule has 1 amide bonds. The maximum Gasteiger partial charge on any atom is 0.419 e. The molecule has 14 heteroatoms. The predicted molar refractivity (Wildman–Crippen MR) is 129 cm³/mol. The fourth-order valence-corrected chi connectivity index (χ4v) is 4.53. The second kappa shape index (κ2) is 9.93. The molecule has 2 fully saturated rings. The monoisotopic (exact) mass is 583 g/mol. The van der Waals surface area contributed by atoms with Gasteiger partial charge in [0.15, 0.2) is 0 Å². The van der Waals surface area contributed by atoms with Crippen molar-refractivity contribution >= 4 is 17.7 Å². The number of anilines is 1. The lowest BCUT2D eigenvalue weighted by Gasteiger charge is -2.40. The molecule has 1 saturated carbocycles. The summed E-state index contributed by atoms with van der Waals surface area (Å²) in [4.78, 5) is 29.8. The zero-order valence-corrected chi connectivity index (χ0v) is 20.8. The van der Waals surface area contributed by atoms with Gasteiger partial charge in [0.1, 0.15) is 23.5 Å². The quantitative estimate of drug-likeness (QED) is 0.350. The lowest BCUT2D eigenvalue weighted by atomic mass is 10.0. The number of hydrogen-bond donors (Lipinski definition) is 2. The minimum atomic E-state index is -4.93. The van der Waals surface area contributed by atoms with Gasteiger partial charge >= 0.3 is 18.3 Å². The van der Waals surface area contributed by atoms with Crippen LogP contribution in [-0.4, -0.2) is 41.2 Å². The average Bonchev–Trinajstić information content (AvgIpc) is 3.66. The van der Waals surface area contributed by atoms with E-state index < -0.39 is 52.8 Å². The normalized spacial score (nSPS) is 16.6. The Labute approximate surface area is 227 Å². The van der Waals surface area contributed by atoms with Crippen LogP contribution in [0.3, 0.4) is 0 Å². The van der Waals surface area contributed by atoms with Gasteiger partial charge in [0.05, 0.1) is 40.9 Å². The number of alkyl halides is 6. The van der Waals surface area contributed by atoms with Gasteiger partial charge in [0.2, 0.25) is 0 Å². The number of carboxylic acid groups (broad SMARTS) is 1. The lowest BCUT2D eigenvalue weighted by molar-refractivity contribution is -0.140. The first-order valence-electron chi connectivity index (χ1n) is 12.2. The summed E-state index contributed by atoms with van der Waals surface area (Å²) in [6.45, 7) is -0.0294. The summed E-state index contributed by atoms with van der Waals surface area (Å²) in [5.41, 5.74) is -3.29. The fourth-order valence-electron chi connectivity index (χ4n) is 4.53. The topological polar surface area (TPSA) is 91.8 Å². The van der Waals surface area contributed by atoms with Gasteiger partial charge in [-0.05, 0) is 54.8 Å². The molecule has 0 bridgehead atoms. The zero-order chi connectivity index (χ0) is 29.7. The molecule has 2 aliphatic rings. The van der Waals surface area contributed by atoms with Gasteiger partial charge in [0.25, 0.3) is 5.91 Å². The molecule has 0 unspecified atom stereocenters. The number of rotatable bonds is 7. The van der Waals surface area contributed by atoms with Crippen molar-refractivity contribution in [3.8, 4) is 5.75 Å². The first-order chi connectivity index (χ1) is 19.2. The van der Waals surface area contributed by atoms with Gasteiger partial charge in [0, 0.05) is 6.20 Å². The van der Waals surface area contributed by atoms with Crippen LogP contribution in [0, 0.1) is 5.82 Å². The summed E-state index contributed by atoms with van der Waals surface area (Å²) in [6, 6.07) is 8.62. The summed E-state index contributed by atoms with van der Waals surface area (Å²) in [7, 11) is 0. The number of nitrogens with zero attached hydrogens (tertiary/aromatic N) is 2. The Balaban J connectivity index is 1.34. The van der Waals surface area contributed by atoms with Crippen LogP contribution in [0.4, 0.5) is 36.6 Å². The van der Waals surface area contributed by atoms with Crippen LogP contribution in [0.5, 0.6) is 5.75 Å². The number of hydrogen-bond acceptors (Lipinski definition) is 5. The van der Waals surface area contributed by atoms with Crippen molar-refractivity contribution in [1.82, 2.24) is 10.3 Å². The van der Waals surface area contributed by atoms with Gasteiger partial charge in [-0.1, -0.05) is 12.1 Å². The minimum absolute atomic E-state index is 0.0147. The number of halogens is 7. The number of carbonyl (C=O) groups excluding carboxylic acids is 1. The van der Waals surface area contributed by atoms with Crippen molar-refractivity contribution in [2.45, 2.75) is 36.8 Å². The standard InChI is InChI=1S/C27H20F7N3O4/c28-21-6-5-17(10-20(21)27(32,33)34)41-18-12-37(13-18)22-19(9-16(11-35-22)26(29,30)31)23(38)36-25(7-8-25)15-3-1-14(2-4-15)24(39)40/h1-6,9-11,18H,7-8,12-13H2,(H,36,38)(H,39,40). The number of ether oxygens (including phenoxy) is 1. The van der Waals surface area contributed by atoms with Crippen LogP contribution in [0.1, 0.15) is 50.2 Å². The number of carboxylic acids is 1. The molecular formula is C27H20F7N3O4. The maximum atomic E-state index is 13.6. The van der Waals surface area contributed by atoms with Crippen LogP contribution in [-0.2, 0) is 17.9 Å². The fraction of sp³-hybridized carbons (Fsp3) is 0.296. The summed E-state index contributed by atoms with van der Waals surface area (Å²) >= 11 is 0. The molecule has 2 N–H and O–H groups in total. The molecule has 216 valence electrons. The van der Waals surface area contributed by atoms with Gasteiger partial charge in [-0.3, -0.25) is 4.79 Å². The predicted octanol–water partition coefficient (Wildman–Crippen LogP) is 5.64. The molecule has 1 aliphatic heterocycles. The molecule has 0 spiro atoms. The van der Waals surface area contributed by atoms with Crippen molar-refractivity contribution in [1.29, 1.82) is 0 Å². The molecule has 2 aromatic carbocycles. The van der Waals surface area contributed by atoms with Crippen molar-refractivity contribution in [3.05, 3.63) is 88.4 Å². The molecule has 0 radical (unpaired) electrons. The summed E-state index contributed by atoms with van der Waals surface area (Å²) in [5.74, 6) is -3.76. The number of carbonyl (C=O) groups is 2. The lowest BCUT2D eigenvalue weighted by Crippen LogP contribution is -2.55. The molecule has 41 heavy (non-hydrogen) atoms. The van der Waals surface area contributed by atoms with Crippen LogP contribution in [0.25, 0.3) is 0 Å². The van der Waals surface area contributed by atoms with Crippen molar-refractivity contribution < 1.29 is 50.2 Å². The van der Waals surface area contributed by atoms with E-state index in [1.54, 1.807) is 0 Å². The number of aromatic carboxylic acids is 1. The second-order valence-corrected chi connectivity index (χ2v) is 9.80. The van der Waals surface area contributed by atoms with E-state index in [4.69, 9.17) is 9.84 Å². The first kappa shape index (κ1) is 28.2. The van der Waals surface area contributed by atoms with E-state index in [9.17, 15) is 40.3 Å². The highest BCUT2D eigenvalue weighted by molar-refractivity contribution is 6.00. The molecule has 1 aromatic heterocycles. The number of benzene rings is 2. The van der Waals surface area contributed by atoms with Gasteiger partial charge in [-0.25, -0.2) is 14.2 Å². The highest BCUT2D eigenvalue weighted by atomic mass is 19.4. The van der Waals surface area contributed by atoms with E-state index >= 15 is 0 Å². The van der Waals surface area contributed by atoms with E-state index in [0.717, 1.165) is 6.07 Å². The van der Waals surface area contributed by atoms with Gasteiger partial charge in [-0.15, -0.1) is 0 Å². The van der Waals surface area contributed by atoms with Crippen LogP contribution in [0.15, 0.2) is 54.7 Å². The molecule has 0 atom stereocenters. The van der Waals surface area contributed by atoms with Crippen molar-refractivity contribution in [3.63, 3.8) is 0 Å². The third-order valence-corrected chi connectivity index (χ3v) is 6.92. The van der Waals surface area contributed by atoms with Crippen LogP contribution in [0.2, 0.25) is 0 Å². The average molecular weight is 583 g/mol. The molecule has 3 aromatic rings. The largest absolute Gasteiger partial charge is 0.487 e. The second-order valence-electron chi connectivity index (χ2n) is 9.80. The van der Waals surface area contributed by atoms with Gasteiger partial charge in [-0.2, -0.15) is 26.3 Å². The molecule has 7 nitrogen and oxygen atoms in total. The highest BCUT2D eigenvalue weighted by Gasteiger charge is 2.47. The Kier molecular flexibility index (Phi) is 6.82. The molecule has 5 rings (SSSR count). The Morgan fingerprint density at radius 1 is 0.976 bits per heavy atom. The molecular weight excluding hydrogens is 563 g/mol. The van der Waals surface area contributed by atoms with Crippen molar-refractivity contribution in [2.75, 3.05) is 18.0 Å². The smallest absolute Gasteiger partial charge is 0.419 e. The number of amides is 1. The first-order valence-corrected chi connectivity index (χ1v) is 12.2. The Bertz CT molecular complexity index is 1500. The van der Waals surface area contributed by atoms with E-state index in [1.165, 1.54) is 29.2 Å². The zero-order valence-electron chi connectivity index (χ0n) is 20.8.